The minimum Gasteiger partial charge on any atom is -0.394 e. The van der Waals surface area contributed by atoms with E-state index < -0.39 is 42.4 Å². The Kier molecular flexibility index (Phi) is 6.46. The van der Waals surface area contributed by atoms with Gasteiger partial charge >= 0.3 is 5.69 Å². The van der Waals surface area contributed by atoms with Crippen molar-refractivity contribution in [3.8, 4) is 0 Å². The summed E-state index contributed by atoms with van der Waals surface area (Å²) in [5.41, 5.74) is 3.58. The average Bonchev–Trinajstić information content (AvgIpc) is 2.75. The highest BCUT2D eigenvalue weighted by Crippen LogP contribution is 2.27. The molecule has 0 saturated carbocycles. The summed E-state index contributed by atoms with van der Waals surface area (Å²) in [7, 11) is 0. The molecule has 118 valence electrons. The van der Waals surface area contributed by atoms with Crippen LogP contribution in [0, 0.1) is 0 Å². The van der Waals surface area contributed by atoms with Crippen molar-refractivity contribution in [2.24, 2.45) is 5.73 Å². The van der Waals surface area contributed by atoms with Gasteiger partial charge < -0.3 is 25.8 Å². The number of aromatic nitrogens is 2. The van der Waals surface area contributed by atoms with E-state index in [0.29, 0.717) is 6.54 Å². The largest absolute Gasteiger partial charge is 0.394 e. The van der Waals surface area contributed by atoms with Crippen LogP contribution in [0.4, 0.5) is 0 Å². The van der Waals surface area contributed by atoms with Gasteiger partial charge in [-0.05, 0) is 0 Å². The first kappa shape index (κ1) is 17.3. The quantitative estimate of drug-likeness (QED) is 0.380. The predicted molar refractivity (Wildman–Crippen MR) is 73.6 cm³/mol. The number of aliphatic hydroxyl groups is 3. The smallest absolute Gasteiger partial charge is 0.330 e. The molecule has 2 rings (SSSR count). The molecular formula is C12H19N3O6. The number of hydrogen-bond donors (Lipinski definition) is 5. The molecule has 0 aliphatic carbocycles. The summed E-state index contributed by atoms with van der Waals surface area (Å²) in [5, 5.41) is 28.1. The number of hydrogen-bond acceptors (Lipinski definition) is 7. The summed E-state index contributed by atoms with van der Waals surface area (Å²) in [4.78, 5) is 24.3. The van der Waals surface area contributed by atoms with Crippen molar-refractivity contribution in [2.75, 3.05) is 13.2 Å². The lowest BCUT2D eigenvalue weighted by atomic mass is 10.1. The van der Waals surface area contributed by atoms with Gasteiger partial charge in [-0.2, -0.15) is 0 Å². The van der Waals surface area contributed by atoms with Crippen LogP contribution in [-0.4, -0.2) is 56.3 Å². The molecule has 0 amide bonds. The number of nitrogens with two attached hydrogens (primary N) is 1. The van der Waals surface area contributed by atoms with Gasteiger partial charge in [0.15, 0.2) is 6.23 Å². The fraction of sp³-hybridized carbons (Fsp3) is 0.500. The van der Waals surface area contributed by atoms with Gasteiger partial charge in [0.1, 0.15) is 18.3 Å². The zero-order valence-electron chi connectivity index (χ0n) is 11.3. The molecule has 0 bridgehead atoms. The van der Waals surface area contributed by atoms with Crippen LogP contribution >= 0.6 is 0 Å². The molecular weight excluding hydrogens is 282 g/mol. The van der Waals surface area contributed by atoms with E-state index >= 15 is 0 Å². The molecule has 9 heteroatoms. The van der Waals surface area contributed by atoms with Gasteiger partial charge in [-0.3, -0.25) is 14.3 Å². The zero-order valence-corrected chi connectivity index (χ0v) is 11.3. The number of aromatic amines is 1. The topological polar surface area (TPSA) is 151 Å². The Morgan fingerprint density at radius 2 is 2.05 bits per heavy atom. The number of H-pyrrole nitrogens is 1. The maximum atomic E-state index is 11.4. The molecule has 0 radical (unpaired) electrons. The van der Waals surface area contributed by atoms with Crippen LogP contribution in [0.15, 0.2) is 34.5 Å². The van der Waals surface area contributed by atoms with Gasteiger partial charge in [0, 0.05) is 18.8 Å². The highest BCUT2D eigenvalue weighted by atomic mass is 16.6. The van der Waals surface area contributed by atoms with Crippen LogP contribution in [0.3, 0.4) is 0 Å². The van der Waals surface area contributed by atoms with Gasteiger partial charge in [-0.15, -0.1) is 6.58 Å². The fourth-order valence-electron chi connectivity index (χ4n) is 1.74. The lowest BCUT2D eigenvalue weighted by molar-refractivity contribution is -0.0550. The van der Waals surface area contributed by atoms with Gasteiger partial charge in [0.25, 0.3) is 5.56 Å². The molecule has 0 unspecified atom stereocenters. The zero-order chi connectivity index (χ0) is 16.0. The highest BCUT2D eigenvalue weighted by molar-refractivity contribution is 4.92. The third-order valence-corrected chi connectivity index (χ3v) is 2.81. The molecule has 1 aliphatic heterocycles. The fourth-order valence-corrected chi connectivity index (χ4v) is 1.74. The second-order valence-corrected chi connectivity index (χ2v) is 4.27. The Morgan fingerprint density at radius 1 is 1.43 bits per heavy atom. The van der Waals surface area contributed by atoms with Crippen LogP contribution in [0.1, 0.15) is 6.23 Å². The van der Waals surface area contributed by atoms with Crippen molar-refractivity contribution in [3.63, 3.8) is 0 Å². The van der Waals surface area contributed by atoms with Crippen molar-refractivity contribution >= 4 is 0 Å². The molecule has 1 saturated heterocycles. The first-order valence-corrected chi connectivity index (χ1v) is 6.21. The van der Waals surface area contributed by atoms with Crippen LogP contribution < -0.4 is 17.0 Å². The average molecular weight is 301 g/mol. The molecule has 0 aromatic carbocycles. The van der Waals surface area contributed by atoms with E-state index in [-0.39, 0.29) is 0 Å². The molecule has 1 aliphatic rings. The third kappa shape index (κ3) is 4.09. The van der Waals surface area contributed by atoms with Crippen molar-refractivity contribution in [2.45, 2.75) is 24.5 Å². The Morgan fingerprint density at radius 3 is 2.48 bits per heavy atom. The maximum Gasteiger partial charge on any atom is 0.330 e. The first-order valence-electron chi connectivity index (χ1n) is 6.21. The van der Waals surface area contributed by atoms with Crippen molar-refractivity contribution < 1.29 is 20.1 Å². The van der Waals surface area contributed by atoms with E-state index in [1.807, 2.05) is 4.98 Å². The van der Waals surface area contributed by atoms with Crippen molar-refractivity contribution in [3.05, 3.63) is 45.8 Å². The Balaban J connectivity index is 0.000000491. The molecule has 2 heterocycles. The monoisotopic (exact) mass is 301 g/mol. The van der Waals surface area contributed by atoms with Crippen LogP contribution in [0.25, 0.3) is 0 Å². The van der Waals surface area contributed by atoms with E-state index in [1.165, 1.54) is 0 Å². The Labute approximate surface area is 119 Å². The number of nitrogens with zero attached hydrogens (tertiary/aromatic N) is 1. The van der Waals surface area contributed by atoms with Crippen molar-refractivity contribution in [1.29, 1.82) is 0 Å². The minimum atomic E-state index is -1.35. The Hall–Kier alpha value is -1.78. The summed E-state index contributed by atoms with van der Waals surface area (Å²) in [6, 6.07) is 1.09. The molecule has 0 spiro atoms. The third-order valence-electron chi connectivity index (χ3n) is 2.81. The van der Waals surface area contributed by atoms with Gasteiger partial charge in [0.05, 0.1) is 6.61 Å². The predicted octanol–water partition coefficient (Wildman–Crippen LogP) is -2.72. The van der Waals surface area contributed by atoms with Gasteiger partial charge in [-0.1, -0.05) is 6.08 Å². The second kappa shape index (κ2) is 7.86. The Bertz CT molecular complexity index is 569. The van der Waals surface area contributed by atoms with E-state index in [1.54, 1.807) is 6.08 Å². The molecule has 1 aromatic rings. The normalized spacial score (nSPS) is 27.8. The van der Waals surface area contributed by atoms with E-state index in [0.717, 1.165) is 16.8 Å². The number of nitrogens with one attached hydrogen (secondary N) is 1. The number of ether oxygens (including phenoxy) is 1. The van der Waals surface area contributed by atoms with Crippen molar-refractivity contribution in [1.82, 2.24) is 9.55 Å². The summed E-state index contributed by atoms with van der Waals surface area (Å²) < 4.78 is 6.08. The van der Waals surface area contributed by atoms with E-state index in [2.05, 4.69) is 6.58 Å². The molecule has 21 heavy (non-hydrogen) atoms. The summed E-state index contributed by atoms with van der Waals surface area (Å²) in [6.07, 6.45) is -1.93. The standard InChI is InChI=1S/C9H12N2O6.C3H7N/c12-3-4-6(14)7(15)8(17-4)11-2-1-5(13)10-9(11)16;1-2-3-4/h1-2,4,6-8,12,14-15H,3H2,(H,10,13,16);2H,1,3-4H2/t4-,6-,7-,8-;/m1./s1. The number of aliphatic hydroxyl groups excluding tert-OH is 3. The first-order chi connectivity index (χ1) is 9.96. The molecule has 4 atom stereocenters. The van der Waals surface area contributed by atoms with Crippen LogP contribution in [0.2, 0.25) is 0 Å². The minimum absolute atomic E-state index is 0.479. The lowest BCUT2D eigenvalue weighted by Gasteiger charge is -2.16. The maximum absolute atomic E-state index is 11.4. The van der Waals surface area contributed by atoms with Crippen LogP contribution in [0.5, 0.6) is 0 Å². The number of rotatable bonds is 3. The SMILES string of the molecule is C=CCN.O=c1ccn([C@@H]2O[C@H](CO)[C@@H](O)[C@H]2O)c(=O)[nH]1. The highest BCUT2D eigenvalue weighted by Gasteiger charge is 2.43. The summed E-state index contributed by atoms with van der Waals surface area (Å²) >= 11 is 0. The summed E-state index contributed by atoms with van der Waals surface area (Å²) in [5.74, 6) is 0. The molecule has 9 nitrogen and oxygen atoms in total. The second-order valence-electron chi connectivity index (χ2n) is 4.27. The van der Waals surface area contributed by atoms with Gasteiger partial charge in [0.2, 0.25) is 0 Å². The van der Waals surface area contributed by atoms with Crippen LogP contribution in [-0.2, 0) is 4.74 Å². The molecule has 6 N–H and O–H groups in total. The molecule has 1 fully saturated rings. The summed E-state index contributed by atoms with van der Waals surface area (Å²) in [6.45, 7) is 3.46. The lowest BCUT2D eigenvalue weighted by Crippen LogP contribution is -2.37. The van der Waals surface area contributed by atoms with E-state index in [4.69, 9.17) is 15.6 Å². The van der Waals surface area contributed by atoms with E-state index in [9.17, 15) is 19.8 Å². The molecule has 1 aromatic heterocycles. The van der Waals surface area contributed by atoms with Gasteiger partial charge in [-0.25, -0.2) is 4.79 Å².